The van der Waals surface area contributed by atoms with E-state index in [1.165, 1.54) is 40.6 Å². The summed E-state index contributed by atoms with van der Waals surface area (Å²) < 4.78 is 48.0. The molecule has 3 N–H and O–H groups in total. The van der Waals surface area contributed by atoms with Crippen molar-refractivity contribution in [1.82, 2.24) is 44.1 Å². The number of ether oxygens (including phenoxy) is 2. The number of pyridine rings is 1. The van der Waals surface area contributed by atoms with Gasteiger partial charge in [0.1, 0.15) is 47.9 Å². The zero-order valence-electron chi connectivity index (χ0n) is 44.7. The van der Waals surface area contributed by atoms with Crippen LogP contribution >= 0.6 is 0 Å². The maximum atomic E-state index is 17.2. The molecule has 3 aromatic carbocycles. The fourth-order valence-electron chi connectivity index (χ4n) is 13.9. The van der Waals surface area contributed by atoms with E-state index in [0.29, 0.717) is 72.8 Å². The first-order valence-electron chi connectivity index (χ1n) is 27.9. The van der Waals surface area contributed by atoms with E-state index in [4.69, 9.17) is 20.9 Å². The lowest BCUT2D eigenvalue weighted by Gasteiger charge is -2.38. The Morgan fingerprint density at radius 2 is 1.72 bits per heavy atom. The largest absolute Gasteiger partial charge is 0.508 e. The molecule has 0 radical (unpaired) electrons. The van der Waals surface area contributed by atoms with E-state index in [1.807, 2.05) is 15.9 Å². The van der Waals surface area contributed by atoms with Crippen molar-refractivity contribution >= 4 is 56.4 Å². The number of imide groups is 1. The second-order valence-electron chi connectivity index (χ2n) is 23.2. The summed E-state index contributed by atoms with van der Waals surface area (Å²) in [5.74, 6) is 1.13. The molecule has 6 aliphatic heterocycles. The number of anilines is 1. The third kappa shape index (κ3) is 9.81. The number of amides is 3. The Kier molecular flexibility index (Phi) is 13.8. The van der Waals surface area contributed by atoms with Crippen LogP contribution in [-0.4, -0.2) is 150 Å². The van der Waals surface area contributed by atoms with Crippen molar-refractivity contribution < 1.29 is 42.9 Å². The van der Waals surface area contributed by atoms with Gasteiger partial charge in [0, 0.05) is 69.4 Å². The number of fused-ring (bicyclic) bond motifs is 4. The van der Waals surface area contributed by atoms with Gasteiger partial charge in [0.15, 0.2) is 5.82 Å². The van der Waals surface area contributed by atoms with Crippen LogP contribution < -0.4 is 20.6 Å². The van der Waals surface area contributed by atoms with Crippen LogP contribution in [0.1, 0.15) is 107 Å². The molecule has 18 nitrogen and oxygen atoms in total. The molecular formula is C59H66F2N10O8. The Balaban J connectivity index is 0.664. The molecule has 1 unspecified atom stereocenters. The minimum atomic E-state index is -1.02. The number of benzene rings is 3. The highest BCUT2D eigenvalue weighted by atomic mass is 19.1. The van der Waals surface area contributed by atoms with Gasteiger partial charge in [-0.1, -0.05) is 18.1 Å². The number of phenolic OH excluding ortho intramolecular Hbond substituents is 1. The monoisotopic (exact) mass is 1080 g/mol. The fourth-order valence-corrected chi connectivity index (χ4v) is 13.9. The molecule has 6 fully saturated rings. The van der Waals surface area contributed by atoms with Crippen molar-refractivity contribution in [3.63, 3.8) is 0 Å². The smallest absolute Gasteiger partial charge is 0.409 e. The summed E-state index contributed by atoms with van der Waals surface area (Å²) in [5.41, 5.74) is 0.737. The van der Waals surface area contributed by atoms with Crippen molar-refractivity contribution in [2.45, 2.75) is 113 Å². The van der Waals surface area contributed by atoms with Gasteiger partial charge in [-0.05, 0) is 150 Å². The van der Waals surface area contributed by atoms with Crippen LogP contribution in [0.4, 0.5) is 19.4 Å². The van der Waals surface area contributed by atoms with Crippen molar-refractivity contribution in [2.24, 2.45) is 13.0 Å². The first-order valence-corrected chi connectivity index (χ1v) is 27.9. The zero-order chi connectivity index (χ0) is 54.9. The number of aliphatic hydroxyl groups is 1. The number of halogens is 2. The van der Waals surface area contributed by atoms with Gasteiger partial charge >= 0.3 is 17.8 Å². The predicted molar refractivity (Wildman–Crippen MR) is 292 cm³/mol. The summed E-state index contributed by atoms with van der Waals surface area (Å²) in [7, 11) is 1.73. The molecule has 3 aromatic heterocycles. The molecule has 4 atom stereocenters. The van der Waals surface area contributed by atoms with Crippen LogP contribution in [0.2, 0.25) is 0 Å². The maximum absolute atomic E-state index is 17.2. The maximum Gasteiger partial charge on any atom is 0.409 e. The number of nitrogens with zero attached hydrogens (tertiary/aromatic N) is 9. The highest BCUT2D eigenvalue weighted by molar-refractivity contribution is 6.03. The van der Waals surface area contributed by atoms with Crippen molar-refractivity contribution in [3.05, 3.63) is 81.9 Å². The Bertz CT molecular complexity index is 3530. The SMILES string of the molecule is C#Cc1c(F)ccc2cc(O)cc(-c3ncc4c(N5CCC[C@@](C)(O)C5)nc(OC[C@]56CCCN5[C@H](COC(=O)N5CCC(CN7CCC(c8ccc9c(c8)n(C)c(=O)n9C8CCC(=O)NC8=O)CC7)CC5)CC6)nc4c3F)c12. The lowest BCUT2D eigenvalue weighted by molar-refractivity contribution is -0.135. The van der Waals surface area contributed by atoms with Gasteiger partial charge in [-0.3, -0.25) is 33.9 Å². The van der Waals surface area contributed by atoms with E-state index >= 15 is 8.78 Å². The molecule has 3 amide bonds. The molecule has 9 heterocycles. The molecule has 20 heteroatoms. The standard InChI is InChI=1S/C59H66F2N10O8/c1-4-41-44(60)9-7-38-27-40(72)29-42(49(38)41)51-50(61)52-43(30-62-51)53(69-21-5-18-58(2,77)33-69)65-55(64-52)79-34-59-19-6-22-70(59)39(13-20-59)32-78-57(76)68-25-14-35(15-26-68)31-67-23-16-36(17-24-67)37-8-10-45-47(28-37)66(3)56(75)71(45)46-11-12-48(73)63-54(46)74/h1,7-10,27-30,35-36,39,46,72,77H,5-6,11-26,31-34H2,2-3H3,(H,63,73,74)/t39-,46?,58+,59+/m0/s1. The average molecular weight is 1080 g/mol. The number of rotatable bonds is 11. The number of piperidine rings is 4. The minimum absolute atomic E-state index is 0.00663. The molecule has 6 aliphatic rings. The first-order chi connectivity index (χ1) is 38.1. The molecule has 6 saturated heterocycles. The van der Waals surface area contributed by atoms with Crippen LogP contribution in [-0.2, 0) is 21.4 Å². The predicted octanol–water partition coefficient (Wildman–Crippen LogP) is 6.90. The molecule has 0 saturated carbocycles. The summed E-state index contributed by atoms with van der Waals surface area (Å²) in [4.78, 5) is 74.1. The van der Waals surface area contributed by atoms with Gasteiger partial charge < -0.3 is 34.4 Å². The van der Waals surface area contributed by atoms with Crippen LogP contribution in [0.25, 0.3) is 44.0 Å². The normalized spacial score (nSPS) is 24.6. The molecule has 6 aromatic rings. The van der Waals surface area contributed by atoms with Crippen molar-refractivity contribution in [2.75, 3.05) is 70.5 Å². The number of hydrogen-bond donors (Lipinski definition) is 3. The second kappa shape index (κ2) is 20.8. The third-order valence-corrected chi connectivity index (χ3v) is 18.1. The number of carbonyl (C=O) groups excluding carboxylic acids is 3. The number of hydrogen-bond acceptors (Lipinski definition) is 14. The molecular weight excluding hydrogens is 1010 g/mol. The number of imidazole rings is 1. The average Bonchev–Trinajstić information content (AvgIpc) is 4.32. The Labute approximate surface area is 455 Å². The van der Waals surface area contributed by atoms with Gasteiger partial charge in [-0.2, -0.15) is 9.97 Å². The van der Waals surface area contributed by atoms with E-state index in [2.05, 4.69) is 43.1 Å². The van der Waals surface area contributed by atoms with E-state index < -0.39 is 29.2 Å². The lowest BCUT2D eigenvalue weighted by Crippen LogP contribution is -2.49. The van der Waals surface area contributed by atoms with Gasteiger partial charge in [-0.25, -0.2) is 18.4 Å². The Hall–Kier alpha value is -7.21. The first kappa shape index (κ1) is 52.5. The number of likely N-dealkylation sites (tertiary alicyclic amines) is 2. The second-order valence-corrected chi connectivity index (χ2v) is 23.2. The van der Waals surface area contributed by atoms with Gasteiger partial charge in [0.25, 0.3) is 0 Å². The number of β-amino-alcohol motifs (C(OH)–C–C–N with tert-alkyl or cyclic N) is 1. The topological polar surface area (TPSA) is 201 Å². The Morgan fingerprint density at radius 3 is 2.49 bits per heavy atom. The van der Waals surface area contributed by atoms with Crippen LogP contribution in [0.15, 0.2) is 53.5 Å². The highest BCUT2D eigenvalue weighted by Gasteiger charge is 2.50. The van der Waals surface area contributed by atoms with E-state index in [1.54, 1.807) is 18.5 Å². The number of phenols is 1. The van der Waals surface area contributed by atoms with Gasteiger partial charge in [0.05, 0.1) is 33.1 Å². The number of aromatic hydroxyl groups is 1. The van der Waals surface area contributed by atoms with E-state index in [-0.39, 0.29) is 94.9 Å². The number of terminal acetylenes is 1. The number of nitrogens with one attached hydrogen (secondary N) is 1. The summed E-state index contributed by atoms with van der Waals surface area (Å²) >= 11 is 0. The number of aromatic nitrogens is 5. The molecule has 0 bridgehead atoms. The van der Waals surface area contributed by atoms with Crippen molar-refractivity contribution in [1.29, 1.82) is 0 Å². The molecule has 79 heavy (non-hydrogen) atoms. The fraction of sp³-hybridized carbons (Fsp3) is 0.508. The minimum Gasteiger partial charge on any atom is -0.508 e. The highest BCUT2D eigenvalue weighted by Crippen LogP contribution is 2.44. The summed E-state index contributed by atoms with van der Waals surface area (Å²) in [5, 5.41) is 25.2. The molecule has 12 rings (SSSR count). The summed E-state index contributed by atoms with van der Waals surface area (Å²) in [6, 6.07) is 10.8. The zero-order valence-corrected chi connectivity index (χ0v) is 44.7. The van der Waals surface area contributed by atoms with E-state index in [0.717, 1.165) is 83.1 Å². The third-order valence-electron chi connectivity index (χ3n) is 18.1. The summed E-state index contributed by atoms with van der Waals surface area (Å²) in [6.45, 7) is 7.99. The van der Waals surface area contributed by atoms with Gasteiger partial charge in [-0.15, -0.1) is 6.42 Å². The summed E-state index contributed by atoms with van der Waals surface area (Å²) in [6.07, 6.45) is 15.8. The molecule has 0 aliphatic carbocycles. The molecule has 0 spiro atoms. The van der Waals surface area contributed by atoms with Crippen molar-refractivity contribution in [3.8, 4) is 35.4 Å². The van der Waals surface area contributed by atoms with Crippen LogP contribution in [0, 0.1) is 29.9 Å². The number of aryl methyl sites for hydroxylation is 1. The van der Waals surface area contributed by atoms with E-state index in [9.17, 15) is 29.4 Å². The molecule has 414 valence electrons. The lowest BCUT2D eigenvalue weighted by atomic mass is 9.88. The van der Waals surface area contributed by atoms with Crippen LogP contribution in [0.5, 0.6) is 11.8 Å². The van der Waals surface area contributed by atoms with Crippen LogP contribution in [0.3, 0.4) is 0 Å². The number of carbonyl (C=O) groups is 3. The Morgan fingerprint density at radius 1 is 0.924 bits per heavy atom. The quantitative estimate of drug-likeness (QED) is 0.0894. The van der Waals surface area contributed by atoms with Gasteiger partial charge in [0.2, 0.25) is 11.8 Å².